The minimum absolute atomic E-state index is 0.143. The van der Waals surface area contributed by atoms with E-state index in [-0.39, 0.29) is 11.8 Å². The molecule has 2 amide bonds. The molecule has 4 atom stereocenters. The second kappa shape index (κ2) is 12.7. The van der Waals surface area contributed by atoms with E-state index in [1.807, 2.05) is 36.0 Å². The maximum Gasteiger partial charge on any atom is 0.252 e. The van der Waals surface area contributed by atoms with Gasteiger partial charge >= 0.3 is 0 Å². The number of likely N-dealkylation sites (N-methyl/N-ethyl adjacent to an activating group) is 1. The van der Waals surface area contributed by atoms with Gasteiger partial charge in [0.05, 0.1) is 0 Å². The predicted molar refractivity (Wildman–Crippen MR) is 136 cm³/mol. The average Bonchev–Trinajstić information content (AvgIpc) is 3.04. The molecule has 2 aliphatic heterocycles. The number of hydrogen-bond donors (Lipinski definition) is 2. The van der Waals surface area contributed by atoms with Crippen LogP contribution in [0.3, 0.4) is 0 Å². The van der Waals surface area contributed by atoms with E-state index >= 15 is 0 Å². The van der Waals surface area contributed by atoms with Crippen LogP contribution in [0.4, 0.5) is 0 Å². The molecule has 7 heteroatoms. The Kier molecular flexibility index (Phi) is 9.92. The fraction of sp³-hybridized carbons (Fsp3) is 0.704. The highest BCUT2D eigenvalue weighted by molar-refractivity contribution is 5.92. The lowest BCUT2D eigenvalue weighted by molar-refractivity contribution is -0.141. The Labute approximate surface area is 205 Å². The quantitative estimate of drug-likeness (QED) is 0.431. The first-order chi connectivity index (χ1) is 16.3. The number of hydrogen-bond acceptors (Lipinski definition) is 5. The van der Waals surface area contributed by atoms with Crippen LogP contribution in [0.5, 0.6) is 0 Å². The van der Waals surface area contributed by atoms with E-state index in [1.165, 1.54) is 24.8 Å². The van der Waals surface area contributed by atoms with Crippen LogP contribution >= 0.6 is 0 Å². The van der Waals surface area contributed by atoms with Crippen molar-refractivity contribution >= 4 is 11.8 Å². The van der Waals surface area contributed by atoms with E-state index in [9.17, 15) is 14.7 Å². The standard InChI is InChI=1S/C27H44N4O3/c1-4-5-6-7-13-30(27(34)25(32)19-29(2)3)14-15-31-23-11-12-24(31)18-22(17-23)20-9-8-10-21(16-20)26(28)33/h8-10,16,22-25,32H,4-7,11-15,17-19H2,1-3H3,(H2,28,33)/t22?,23-,24+,25?. The molecule has 1 aromatic rings. The van der Waals surface area contributed by atoms with Gasteiger partial charge in [0.1, 0.15) is 6.10 Å². The Bertz CT molecular complexity index is 801. The van der Waals surface area contributed by atoms with Gasteiger partial charge in [-0.15, -0.1) is 0 Å². The number of nitrogens with zero attached hydrogens (tertiary/aromatic N) is 3. The van der Waals surface area contributed by atoms with Gasteiger partial charge in [-0.3, -0.25) is 14.5 Å². The van der Waals surface area contributed by atoms with Crippen molar-refractivity contribution in [3.8, 4) is 0 Å². The van der Waals surface area contributed by atoms with Crippen LogP contribution in [0.25, 0.3) is 0 Å². The van der Waals surface area contributed by atoms with E-state index in [0.29, 0.717) is 36.7 Å². The number of amides is 2. The minimum atomic E-state index is -0.971. The third kappa shape index (κ3) is 7.03. The van der Waals surface area contributed by atoms with E-state index in [0.717, 1.165) is 45.2 Å². The molecule has 2 saturated heterocycles. The SMILES string of the molecule is CCCCCCN(CCN1[C@@H]2CC[C@H]1CC(c1cccc(C(N)=O)c1)C2)C(=O)C(O)CN(C)C. The van der Waals surface area contributed by atoms with Crippen LogP contribution in [-0.4, -0.2) is 90.1 Å². The summed E-state index contributed by atoms with van der Waals surface area (Å²) in [6.45, 7) is 4.79. The summed E-state index contributed by atoms with van der Waals surface area (Å²) in [7, 11) is 3.76. The van der Waals surface area contributed by atoms with Gasteiger partial charge in [0, 0.05) is 43.8 Å². The zero-order chi connectivity index (χ0) is 24.7. The molecule has 3 N–H and O–H groups in total. The van der Waals surface area contributed by atoms with E-state index in [4.69, 9.17) is 5.73 Å². The number of rotatable bonds is 13. The van der Waals surface area contributed by atoms with Gasteiger partial charge in [0.25, 0.3) is 5.91 Å². The average molecular weight is 473 g/mol. The van der Waals surface area contributed by atoms with Crippen LogP contribution in [0.2, 0.25) is 0 Å². The third-order valence-electron chi connectivity index (χ3n) is 7.57. The lowest BCUT2D eigenvalue weighted by Gasteiger charge is -2.40. The number of piperidine rings is 1. The van der Waals surface area contributed by atoms with E-state index in [1.54, 1.807) is 6.07 Å². The molecule has 0 aromatic heterocycles. The van der Waals surface area contributed by atoms with E-state index < -0.39 is 6.10 Å². The van der Waals surface area contributed by atoms with Crippen LogP contribution in [-0.2, 0) is 4.79 Å². The first-order valence-corrected chi connectivity index (χ1v) is 13.1. The summed E-state index contributed by atoms with van der Waals surface area (Å²) in [5.74, 6) is -0.0696. The van der Waals surface area contributed by atoms with Gasteiger partial charge in [0.15, 0.2) is 0 Å². The van der Waals surface area contributed by atoms with Crippen molar-refractivity contribution in [2.75, 3.05) is 40.3 Å². The summed E-state index contributed by atoms with van der Waals surface area (Å²) in [5.41, 5.74) is 7.29. The monoisotopic (exact) mass is 472 g/mol. The highest BCUT2D eigenvalue weighted by Gasteiger charge is 2.41. The molecule has 190 valence electrons. The van der Waals surface area contributed by atoms with Crippen molar-refractivity contribution in [3.63, 3.8) is 0 Å². The van der Waals surface area contributed by atoms with Crippen LogP contribution in [0.1, 0.15) is 80.1 Å². The number of carbonyl (C=O) groups excluding carboxylic acids is 2. The van der Waals surface area contributed by atoms with Gasteiger partial charge in [0.2, 0.25) is 5.91 Å². The van der Waals surface area contributed by atoms with Crippen LogP contribution < -0.4 is 5.73 Å². The van der Waals surface area contributed by atoms with Gasteiger partial charge in [-0.2, -0.15) is 0 Å². The van der Waals surface area contributed by atoms with Crippen molar-refractivity contribution in [2.45, 2.75) is 82.4 Å². The fourth-order valence-electron chi connectivity index (χ4n) is 5.79. The Morgan fingerprint density at radius 1 is 1.12 bits per heavy atom. The van der Waals surface area contributed by atoms with Gasteiger partial charge in [-0.05, 0) is 69.8 Å². The number of fused-ring (bicyclic) bond motifs is 2. The molecule has 2 unspecified atom stereocenters. The molecular weight excluding hydrogens is 428 g/mol. The van der Waals surface area contributed by atoms with Crippen molar-refractivity contribution in [2.24, 2.45) is 5.73 Å². The highest BCUT2D eigenvalue weighted by atomic mass is 16.3. The highest BCUT2D eigenvalue weighted by Crippen LogP contribution is 2.43. The topological polar surface area (TPSA) is 90.1 Å². The van der Waals surface area contributed by atoms with Crippen molar-refractivity contribution in [1.29, 1.82) is 0 Å². The molecule has 0 radical (unpaired) electrons. The van der Waals surface area contributed by atoms with Gasteiger partial charge in [-0.25, -0.2) is 0 Å². The second-order valence-electron chi connectivity index (χ2n) is 10.4. The van der Waals surface area contributed by atoms with Crippen molar-refractivity contribution in [3.05, 3.63) is 35.4 Å². The molecule has 1 aromatic carbocycles. The molecule has 2 bridgehead atoms. The number of nitrogens with two attached hydrogens (primary N) is 1. The summed E-state index contributed by atoms with van der Waals surface area (Å²) >= 11 is 0. The Morgan fingerprint density at radius 2 is 1.82 bits per heavy atom. The first kappa shape index (κ1) is 26.6. The number of benzene rings is 1. The summed E-state index contributed by atoms with van der Waals surface area (Å²) in [6, 6.07) is 8.81. The first-order valence-electron chi connectivity index (χ1n) is 13.1. The molecule has 0 spiro atoms. The summed E-state index contributed by atoms with van der Waals surface area (Å²) < 4.78 is 0. The molecular formula is C27H44N4O3. The lowest BCUT2D eigenvalue weighted by atomic mass is 9.84. The normalized spacial score (nSPS) is 23.3. The van der Waals surface area contributed by atoms with Crippen LogP contribution in [0, 0.1) is 0 Å². The van der Waals surface area contributed by atoms with Crippen molar-refractivity contribution in [1.82, 2.24) is 14.7 Å². The van der Waals surface area contributed by atoms with Gasteiger partial charge in [-0.1, -0.05) is 38.3 Å². The summed E-state index contributed by atoms with van der Waals surface area (Å²) in [6.07, 6.45) is 7.99. The minimum Gasteiger partial charge on any atom is -0.382 e. The molecule has 0 saturated carbocycles. The summed E-state index contributed by atoms with van der Waals surface area (Å²) in [5, 5.41) is 10.5. The van der Waals surface area contributed by atoms with E-state index in [2.05, 4.69) is 17.9 Å². The van der Waals surface area contributed by atoms with Gasteiger partial charge < -0.3 is 20.6 Å². The Balaban J connectivity index is 1.60. The van der Waals surface area contributed by atoms with Crippen LogP contribution in [0.15, 0.2) is 24.3 Å². The number of primary amides is 1. The number of unbranched alkanes of at least 4 members (excludes halogenated alkanes) is 3. The smallest absolute Gasteiger partial charge is 0.252 e. The molecule has 2 fully saturated rings. The molecule has 2 aliphatic rings. The molecule has 0 aliphatic carbocycles. The zero-order valence-corrected chi connectivity index (χ0v) is 21.3. The van der Waals surface area contributed by atoms with Crippen molar-refractivity contribution < 1.29 is 14.7 Å². The zero-order valence-electron chi connectivity index (χ0n) is 21.3. The Morgan fingerprint density at radius 3 is 2.44 bits per heavy atom. The molecule has 2 heterocycles. The number of aliphatic hydroxyl groups excluding tert-OH is 1. The maximum atomic E-state index is 13.0. The number of carbonyl (C=O) groups is 2. The lowest BCUT2D eigenvalue weighted by Crippen LogP contribution is -2.49. The Hall–Kier alpha value is -1.96. The number of aliphatic hydroxyl groups is 1. The molecule has 3 rings (SSSR count). The molecule has 34 heavy (non-hydrogen) atoms. The fourth-order valence-corrected chi connectivity index (χ4v) is 5.79. The predicted octanol–water partition coefficient (Wildman–Crippen LogP) is 2.83. The largest absolute Gasteiger partial charge is 0.382 e. The molecule has 7 nitrogen and oxygen atoms in total. The summed E-state index contributed by atoms with van der Waals surface area (Å²) in [4.78, 5) is 31.0. The second-order valence-corrected chi connectivity index (χ2v) is 10.4. The third-order valence-corrected chi connectivity index (χ3v) is 7.57. The maximum absolute atomic E-state index is 13.0.